The molecule has 142 valence electrons. The van der Waals surface area contributed by atoms with Crippen LogP contribution in [0.3, 0.4) is 0 Å². The zero-order chi connectivity index (χ0) is 19.6. The molecule has 0 saturated carbocycles. The van der Waals surface area contributed by atoms with Crippen LogP contribution in [0.2, 0.25) is 0 Å². The predicted octanol–water partition coefficient (Wildman–Crippen LogP) is 3.27. The first-order valence-electron chi connectivity index (χ1n) is 8.07. The molecule has 0 N–H and O–H groups in total. The van der Waals surface area contributed by atoms with Crippen molar-refractivity contribution in [3.63, 3.8) is 0 Å². The summed E-state index contributed by atoms with van der Waals surface area (Å²) in [7, 11) is 1.52. The summed E-state index contributed by atoms with van der Waals surface area (Å²) in [5.74, 6) is 0.400. The Balaban J connectivity index is 2.03. The maximum Gasteiger partial charge on any atom is 0.422 e. The van der Waals surface area contributed by atoms with Crippen molar-refractivity contribution >= 4 is 5.65 Å². The van der Waals surface area contributed by atoms with Crippen LogP contribution in [0.4, 0.5) is 13.2 Å². The molecule has 9 heteroatoms. The molecule has 0 saturated heterocycles. The van der Waals surface area contributed by atoms with Crippen molar-refractivity contribution in [2.45, 2.75) is 19.5 Å². The van der Waals surface area contributed by atoms with Crippen molar-refractivity contribution < 1.29 is 22.6 Å². The zero-order valence-corrected chi connectivity index (χ0v) is 14.6. The lowest BCUT2D eigenvalue weighted by atomic mass is 10.1. The number of nitrogens with zero attached hydrogens (tertiary/aromatic N) is 3. The summed E-state index contributed by atoms with van der Waals surface area (Å²) in [5, 5.41) is 0. The number of rotatable bonds is 5. The van der Waals surface area contributed by atoms with Crippen LogP contribution in [0.15, 0.2) is 41.5 Å². The van der Waals surface area contributed by atoms with Gasteiger partial charge in [-0.25, -0.2) is 9.97 Å². The van der Waals surface area contributed by atoms with Gasteiger partial charge in [0, 0.05) is 30.1 Å². The number of hydrogen-bond acceptors (Lipinski definition) is 5. The van der Waals surface area contributed by atoms with Gasteiger partial charge >= 0.3 is 6.18 Å². The van der Waals surface area contributed by atoms with E-state index in [1.807, 2.05) is 6.92 Å². The number of alkyl halides is 3. The number of halogens is 3. The Morgan fingerprint density at radius 2 is 2.00 bits per heavy atom. The highest BCUT2D eigenvalue weighted by molar-refractivity contribution is 5.66. The quantitative estimate of drug-likeness (QED) is 0.681. The van der Waals surface area contributed by atoms with E-state index in [1.165, 1.54) is 29.8 Å². The highest BCUT2D eigenvalue weighted by Crippen LogP contribution is 2.23. The number of aryl methyl sites for hydroxylation is 1. The summed E-state index contributed by atoms with van der Waals surface area (Å²) in [6.07, 6.45) is -1.09. The van der Waals surface area contributed by atoms with E-state index in [4.69, 9.17) is 4.74 Å². The van der Waals surface area contributed by atoms with E-state index >= 15 is 0 Å². The van der Waals surface area contributed by atoms with Gasteiger partial charge in [0.05, 0.1) is 18.4 Å². The lowest BCUT2D eigenvalue weighted by Gasteiger charge is -2.11. The van der Waals surface area contributed by atoms with Crippen LogP contribution in [0.25, 0.3) is 16.8 Å². The van der Waals surface area contributed by atoms with Crippen LogP contribution in [0, 0.1) is 0 Å². The molecule has 0 aliphatic carbocycles. The summed E-state index contributed by atoms with van der Waals surface area (Å²) >= 11 is 0. The Bertz CT molecular complexity index is 1010. The maximum absolute atomic E-state index is 12.9. The Morgan fingerprint density at radius 3 is 2.59 bits per heavy atom. The van der Waals surface area contributed by atoms with E-state index < -0.39 is 12.8 Å². The second-order valence-electron chi connectivity index (χ2n) is 5.68. The molecule has 0 aliphatic heterocycles. The molecule has 0 aromatic carbocycles. The maximum atomic E-state index is 12.9. The number of ether oxygens (including phenoxy) is 2. The normalized spacial score (nSPS) is 11.6. The van der Waals surface area contributed by atoms with Crippen molar-refractivity contribution in [2.24, 2.45) is 0 Å². The topological polar surface area (TPSA) is 65.7 Å². The molecule has 0 amide bonds. The minimum Gasteiger partial charge on any atom is -0.497 e. The van der Waals surface area contributed by atoms with Gasteiger partial charge in [0.2, 0.25) is 5.88 Å². The minimum absolute atomic E-state index is 0.173. The fraction of sp³-hybridized carbons (Fsp3) is 0.278. The number of methoxy groups -OCH3 is 1. The Morgan fingerprint density at radius 1 is 1.22 bits per heavy atom. The van der Waals surface area contributed by atoms with Gasteiger partial charge in [-0.2, -0.15) is 13.2 Å². The zero-order valence-electron chi connectivity index (χ0n) is 14.6. The molecule has 0 radical (unpaired) electrons. The van der Waals surface area contributed by atoms with Crippen molar-refractivity contribution in [3.8, 4) is 22.8 Å². The number of pyridine rings is 2. The smallest absolute Gasteiger partial charge is 0.422 e. The molecule has 0 unspecified atom stereocenters. The van der Waals surface area contributed by atoms with Crippen LogP contribution >= 0.6 is 0 Å². The van der Waals surface area contributed by atoms with Gasteiger partial charge in [0.25, 0.3) is 5.56 Å². The average molecular weight is 379 g/mol. The third kappa shape index (κ3) is 4.02. The van der Waals surface area contributed by atoms with Crippen LogP contribution < -0.4 is 15.0 Å². The lowest BCUT2D eigenvalue weighted by molar-refractivity contribution is -0.154. The van der Waals surface area contributed by atoms with E-state index in [0.717, 1.165) is 0 Å². The van der Waals surface area contributed by atoms with Crippen molar-refractivity contribution in [1.82, 2.24) is 14.4 Å². The van der Waals surface area contributed by atoms with E-state index in [0.29, 0.717) is 34.6 Å². The molecule has 3 aromatic rings. The average Bonchev–Trinajstić information content (AvgIpc) is 2.65. The van der Waals surface area contributed by atoms with E-state index in [-0.39, 0.29) is 11.4 Å². The Kier molecular flexibility index (Phi) is 5.02. The standard InChI is InChI=1S/C18H16F3N3O3/c1-3-13-16(11-4-5-15(22-9-11)27-10-18(19,20)21)17(25)24-7-6-12(26-2)8-14(24)23-13/h4-9H,3,10H2,1-2H3. The molecule has 6 nitrogen and oxygen atoms in total. The Hall–Kier alpha value is -3.10. The molecule has 0 atom stereocenters. The summed E-state index contributed by atoms with van der Waals surface area (Å²) in [5.41, 5.74) is 1.49. The van der Waals surface area contributed by atoms with Crippen molar-refractivity contribution in [2.75, 3.05) is 13.7 Å². The monoisotopic (exact) mass is 379 g/mol. The van der Waals surface area contributed by atoms with Gasteiger partial charge in [0.15, 0.2) is 6.61 Å². The number of hydrogen-bond donors (Lipinski definition) is 0. The van der Waals surface area contributed by atoms with Gasteiger partial charge in [-0.3, -0.25) is 9.20 Å². The molecular weight excluding hydrogens is 363 g/mol. The second-order valence-corrected chi connectivity index (χ2v) is 5.68. The first-order chi connectivity index (χ1) is 12.8. The van der Waals surface area contributed by atoms with Crippen LogP contribution in [-0.4, -0.2) is 34.3 Å². The fourth-order valence-corrected chi connectivity index (χ4v) is 2.61. The van der Waals surface area contributed by atoms with Gasteiger partial charge < -0.3 is 9.47 Å². The molecule has 0 spiro atoms. The molecule has 0 bridgehead atoms. The van der Waals surface area contributed by atoms with Crippen LogP contribution in [0.5, 0.6) is 11.6 Å². The minimum atomic E-state index is -4.45. The molecule has 3 aromatic heterocycles. The highest BCUT2D eigenvalue weighted by Gasteiger charge is 2.28. The summed E-state index contributed by atoms with van der Waals surface area (Å²) in [6, 6.07) is 6.07. The van der Waals surface area contributed by atoms with Gasteiger partial charge in [0.1, 0.15) is 11.4 Å². The molecule has 0 aliphatic rings. The molecule has 0 fully saturated rings. The Labute approximate surface area is 152 Å². The molecule has 3 rings (SSSR count). The molecule has 3 heterocycles. The SMILES string of the molecule is CCc1nc2cc(OC)ccn2c(=O)c1-c1ccc(OCC(F)(F)F)nc1. The van der Waals surface area contributed by atoms with Gasteiger partial charge in [-0.05, 0) is 18.6 Å². The molecular formula is C18H16F3N3O3. The van der Waals surface area contributed by atoms with Crippen LogP contribution in [0.1, 0.15) is 12.6 Å². The third-order valence-electron chi connectivity index (χ3n) is 3.86. The summed E-state index contributed by atoms with van der Waals surface area (Å²) in [4.78, 5) is 21.3. The van der Waals surface area contributed by atoms with Crippen LogP contribution in [-0.2, 0) is 6.42 Å². The first-order valence-corrected chi connectivity index (χ1v) is 8.07. The largest absolute Gasteiger partial charge is 0.497 e. The lowest BCUT2D eigenvalue weighted by Crippen LogP contribution is -2.20. The first kappa shape index (κ1) is 18.7. The van der Waals surface area contributed by atoms with Gasteiger partial charge in [-0.1, -0.05) is 6.92 Å². The predicted molar refractivity (Wildman–Crippen MR) is 92.2 cm³/mol. The number of fused-ring (bicyclic) bond motifs is 1. The second kappa shape index (κ2) is 7.26. The van der Waals surface area contributed by atoms with E-state index in [1.54, 1.807) is 18.3 Å². The summed E-state index contributed by atoms with van der Waals surface area (Å²) in [6.45, 7) is 0.428. The fourth-order valence-electron chi connectivity index (χ4n) is 2.61. The highest BCUT2D eigenvalue weighted by atomic mass is 19.4. The van der Waals surface area contributed by atoms with Crippen molar-refractivity contribution in [3.05, 3.63) is 52.7 Å². The summed E-state index contributed by atoms with van der Waals surface area (Å²) < 4.78 is 47.8. The van der Waals surface area contributed by atoms with Gasteiger partial charge in [-0.15, -0.1) is 0 Å². The molecule has 27 heavy (non-hydrogen) atoms. The third-order valence-corrected chi connectivity index (χ3v) is 3.86. The number of aromatic nitrogens is 3. The van der Waals surface area contributed by atoms with Crippen molar-refractivity contribution in [1.29, 1.82) is 0 Å². The van der Waals surface area contributed by atoms with E-state index in [2.05, 4.69) is 14.7 Å². The van der Waals surface area contributed by atoms with E-state index in [9.17, 15) is 18.0 Å².